The number of thioether (sulfide) groups is 1. The zero-order valence-electron chi connectivity index (χ0n) is 10.6. The van der Waals surface area contributed by atoms with Crippen LogP contribution in [0.1, 0.15) is 6.92 Å². The van der Waals surface area contributed by atoms with Gasteiger partial charge < -0.3 is 5.32 Å². The van der Waals surface area contributed by atoms with Crippen LogP contribution < -0.4 is 5.32 Å². The molecule has 0 aliphatic rings. The normalized spacial score (nSPS) is 11.9. The summed E-state index contributed by atoms with van der Waals surface area (Å²) in [5.74, 6) is 0.164. The summed E-state index contributed by atoms with van der Waals surface area (Å²) in [6, 6.07) is 11.3. The summed E-state index contributed by atoms with van der Waals surface area (Å²) in [5, 5.41) is 3.19. The molecule has 1 N–H and O–H groups in total. The Balaban J connectivity index is 2.01. The van der Waals surface area contributed by atoms with Gasteiger partial charge in [-0.25, -0.2) is 4.98 Å². The summed E-state index contributed by atoms with van der Waals surface area (Å²) < 4.78 is 0. The van der Waals surface area contributed by atoms with Gasteiger partial charge in [-0.2, -0.15) is 0 Å². The second-order valence-electron chi connectivity index (χ2n) is 4.05. The highest BCUT2D eigenvalue weighted by atomic mass is 35.5. The summed E-state index contributed by atoms with van der Waals surface area (Å²) in [7, 11) is 0. The number of hydrogen-bond acceptors (Lipinski definition) is 3. The number of rotatable bonds is 4. The third-order valence-electron chi connectivity index (χ3n) is 2.47. The first kappa shape index (κ1) is 15.2. The van der Waals surface area contributed by atoms with Crippen molar-refractivity contribution in [3.63, 3.8) is 0 Å². The highest BCUT2D eigenvalue weighted by molar-refractivity contribution is 8.00. The number of carbonyl (C=O) groups is 1. The molecule has 1 amide bonds. The molecule has 0 saturated heterocycles. The minimum absolute atomic E-state index is 0.157. The predicted octanol–water partition coefficient (Wildman–Crippen LogP) is 4.51. The Morgan fingerprint density at radius 2 is 2.00 bits per heavy atom. The van der Waals surface area contributed by atoms with Crippen LogP contribution in [-0.2, 0) is 4.79 Å². The Labute approximate surface area is 131 Å². The Hall–Kier alpha value is -1.23. The second kappa shape index (κ2) is 6.97. The van der Waals surface area contributed by atoms with E-state index in [1.807, 2.05) is 37.3 Å². The first-order valence-electron chi connectivity index (χ1n) is 5.90. The summed E-state index contributed by atoms with van der Waals surface area (Å²) >= 11 is 13.2. The van der Waals surface area contributed by atoms with Crippen LogP contribution in [0.2, 0.25) is 10.0 Å². The number of benzene rings is 1. The molecule has 0 aliphatic heterocycles. The maximum Gasteiger partial charge on any atom is 0.238 e. The average Bonchev–Trinajstić information content (AvgIpc) is 2.43. The van der Waals surface area contributed by atoms with E-state index in [2.05, 4.69) is 10.3 Å². The predicted molar refractivity (Wildman–Crippen MR) is 84.6 cm³/mol. The Kier molecular flexibility index (Phi) is 5.29. The van der Waals surface area contributed by atoms with Gasteiger partial charge in [0.1, 0.15) is 0 Å². The molecule has 2 rings (SSSR count). The Morgan fingerprint density at radius 3 is 2.65 bits per heavy atom. The third-order valence-corrected chi connectivity index (χ3v) is 4.08. The van der Waals surface area contributed by atoms with Crippen LogP contribution in [0.4, 0.5) is 5.82 Å². The van der Waals surface area contributed by atoms with Crippen molar-refractivity contribution in [3.05, 3.63) is 52.6 Å². The molecule has 1 aromatic carbocycles. The summed E-state index contributed by atoms with van der Waals surface area (Å²) in [4.78, 5) is 17.1. The van der Waals surface area contributed by atoms with Crippen LogP contribution in [0.15, 0.2) is 47.5 Å². The van der Waals surface area contributed by atoms with Crippen LogP contribution in [0.3, 0.4) is 0 Å². The number of halogens is 2. The number of anilines is 1. The lowest BCUT2D eigenvalue weighted by atomic mass is 10.4. The van der Waals surface area contributed by atoms with Crippen LogP contribution in [0.5, 0.6) is 0 Å². The monoisotopic (exact) mass is 326 g/mol. The summed E-state index contributed by atoms with van der Waals surface area (Å²) in [6.07, 6.45) is 1.44. The van der Waals surface area contributed by atoms with E-state index < -0.39 is 0 Å². The number of nitrogens with one attached hydrogen (secondary N) is 1. The van der Waals surface area contributed by atoms with Gasteiger partial charge in [0, 0.05) is 11.1 Å². The van der Waals surface area contributed by atoms with Gasteiger partial charge in [0.25, 0.3) is 0 Å². The van der Waals surface area contributed by atoms with Crippen LogP contribution in [-0.4, -0.2) is 16.1 Å². The van der Waals surface area contributed by atoms with Crippen molar-refractivity contribution >= 4 is 46.7 Å². The smallest absolute Gasteiger partial charge is 0.238 e. The molecule has 0 radical (unpaired) electrons. The van der Waals surface area contributed by atoms with Gasteiger partial charge in [-0.1, -0.05) is 41.4 Å². The molecule has 0 unspecified atom stereocenters. The second-order valence-corrected chi connectivity index (χ2v) is 6.30. The minimum Gasteiger partial charge on any atom is -0.308 e. The van der Waals surface area contributed by atoms with Crippen molar-refractivity contribution in [2.45, 2.75) is 17.1 Å². The lowest BCUT2D eigenvalue weighted by Gasteiger charge is -2.12. The number of amides is 1. The quantitative estimate of drug-likeness (QED) is 0.840. The molecule has 20 heavy (non-hydrogen) atoms. The highest BCUT2D eigenvalue weighted by Crippen LogP contribution is 2.26. The molecular weight excluding hydrogens is 315 g/mol. The van der Waals surface area contributed by atoms with Gasteiger partial charge in [-0.15, -0.1) is 11.8 Å². The van der Waals surface area contributed by atoms with Crippen molar-refractivity contribution in [1.29, 1.82) is 0 Å². The van der Waals surface area contributed by atoms with Crippen LogP contribution >= 0.6 is 35.0 Å². The summed E-state index contributed by atoms with van der Waals surface area (Å²) in [6.45, 7) is 1.83. The fourth-order valence-corrected chi connectivity index (χ4v) is 2.80. The summed E-state index contributed by atoms with van der Waals surface area (Å²) in [5.41, 5.74) is 0. The Morgan fingerprint density at radius 1 is 1.30 bits per heavy atom. The van der Waals surface area contributed by atoms with Crippen LogP contribution in [0.25, 0.3) is 0 Å². The molecule has 0 bridgehead atoms. The van der Waals surface area contributed by atoms with Crippen molar-refractivity contribution in [1.82, 2.24) is 4.98 Å². The number of pyridine rings is 1. The fraction of sp³-hybridized carbons (Fsp3) is 0.143. The van der Waals surface area contributed by atoms with E-state index in [1.54, 1.807) is 6.07 Å². The fourth-order valence-electron chi connectivity index (χ4n) is 1.48. The number of nitrogens with zero attached hydrogens (tertiary/aromatic N) is 1. The van der Waals surface area contributed by atoms with Gasteiger partial charge in [0.05, 0.1) is 15.3 Å². The zero-order chi connectivity index (χ0) is 14.5. The molecule has 1 aromatic heterocycles. The highest BCUT2D eigenvalue weighted by Gasteiger charge is 2.16. The van der Waals surface area contributed by atoms with Gasteiger partial charge >= 0.3 is 0 Å². The maximum absolute atomic E-state index is 12.1. The molecular formula is C14H12Cl2N2OS. The molecule has 3 nitrogen and oxygen atoms in total. The molecule has 1 atom stereocenters. The van der Waals surface area contributed by atoms with Crippen molar-refractivity contribution in [3.8, 4) is 0 Å². The molecule has 2 aromatic rings. The SMILES string of the molecule is C[C@H](Sc1ccccc1)C(=O)Nc1ncc(Cl)cc1Cl. The molecule has 0 saturated carbocycles. The Bertz CT molecular complexity index is 607. The van der Waals surface area contributed by atoms with Crippen molar-refractivity contribution < 1.29 is 4.79 Å². The van der Waals surface area contributed by atoms with Gasteiger partial charge in [0.2, 0.25) is 5.91 Å². The molecule has 1 heterocycles. The minimum atomic E-state index is -0.258. The first-order valence-corrected chi connectivity index (χ1v) is 7.53. The van der Waals surface area contributed by atoms with Gasteiger partial charge in [-0.3, -0.25) is 4.79 Å². The van der Waals surface area contributed by atoms with E-state index >= 15 is 0 Å². The molecule has 0 fully saturated rings. The lowest BCUT2D eigenvalue weighted by Crippen LogP contribution is -2.23. The van der Waals surface area contributed by atoms with E-state index in [1.165, 1.54) is 18.0 Å². The van der Waals surface area contributed by atoms with E-state index in [0.29, 0.717) is 15.9 Å². The van der Waals surface area contributed by atoms with Gasteiger partial charge in [-0.05, 0) is 25.1 Å². The largest absolute Gasteiger partial charge is 0.308 e. The number of hydrogen-bond donors (Lipinski definition) is 1. The number of carbonyl (C=O) groups excluding carboxylic acids is 1. The first-order chi connectivity index (χ1) is 9.56. The van der Waals surface area contributed by atoms with Crippen molar-refractivity contribution in [2.75, 3.05) is 5.32 Å². The van der Waals surface area contributed by atoms with Gasteiger partial charge in [0.15, 0.2) is 5.82 Å². The standard InChI is InChI=1S/C14H12Cl2N2OS/c1-9(20-11-5-3-2-4-6-11)14(19)18-13-12(16)7-10(15)8-17-13/h2-9H,1H3,(H,17,18,19)/t9-/m0/s1. The van der Waals surface area contributed by atoms with E-state index in [0.717, 1.165) is 4.90 Å². The molecule has 104 valence electrons. The molecule has 0 aliphatic carbocycles. The number of aromatic nitrogens is 1. The lowest BCUT2D eigenvalue weighted by molar-refractivity contribution is -0.115. The average molecular weight is 327 g/mol. The molecule has 0 spiro atoms. The van der Waals surface area contributed by atoms with E-state index in [9.17, 15) is 4.79 Å². The van der Waals surface area contributed by atoms with Crippen LogP contribution in [0, 0.1) is 0 Å². The third kappa shape index (κ3) is 4.13. The van der Waals surface area contributed by atoms with E-state index in [4.69, 9.17) is 23.2 Å². The zero-order valence-corrected chi connectivity index (χ0v) is 13.0. The topological polar surface area (TPSA) is 42.0 Å². The van der Waals surface area contributed by atoms with E-state index in [-0.39, 0.29) is 11.2 Å². The van der Waals surface area contributed by atoms with Crippen molar-refractivity contribution in [2.24, 2.45) is 0 Å². The maximum atomic E-state index is 12.1. The molecule has 6 heteroatoms.